The summed E-state index contributed by atoms with van der Waals surface area (Å²) < 4.78 is 0.985. The van der Waals surface area contributed by atoms with Crippen LogP contribution in [0.3, 0.4) is 0 Å². The third kappa shape index (κ3) is 3.82. The molecule has 0 aliphatic carbocycles. The van der Waals surface area contributed by atoms with Crippen molar-refractivity contribution >= 4 is 33.8 Å². The summed E-state index contributed by atoms with van der Waals surface area (Å²) in [5.41, 5.74) is 1.72. The van der Waals surface area contributed by atoms with Crippen LogP contribution in [0, 0.1) is 5.92 Å². The van der Waals surface area contributed by atoms with Crippen LogP contribution in [0.1, 0.15) is 30.1 Å². The summed E-state index contributed by atoms with van der Waals surface area (Å²) >= 11 is 3.45. The van der Waals surface area contributed by atoms with Crippen LogP contribution >= 0.6 is 15.9 Å². The van der Waals surface area contributed by atoms with Crippen molar-refractivity contribution in [2.75, 3.05) is 24.5 Å². The second-order valence-corrected chi connectivity index (χ2v) is 6.10. The smallest absolute Gasteiger partial charge is 0.216 e. The van der Waals surface area contributed by atoms with Crippen molar-refractivity contribution in [3.05, 3.63) is 28.2 Å². The van der Waals surface area contributed by atoms with Crippen molar-refractivity contribution < 1.29 is 9.59 Å². The number of aldehydes is 1. The standard InChI is InChI=1S/C15H19BrN2O2/c1-11(20)17-9-12-4-6-18(7-5-12)15-8-14(16)3-2-13(15)10-19/h2-3,8,10,12H,4-7,9H2,1H3,(H,17,20). The van der Waals surface area contributed by atoms with Gasteiger partial charge in [-0.25, -0.2) is 0 Å². The van der Waals surface area contributed by atoms with Crippen LogP contribution in [0.5, 0.6) is 0 Å². The van der Waals surface area contributed by atoms with Gasteiger partial charge in [-0.3, -0.25) is 9.59 Å². The lowest BCUT2D eigenvalue weighted by Gasteiger charge is -2.34. The normalized spacial score (nSPS) is 16.0. The summed E-state index contributed by atoms with van der Waals surface area (Å²) in [6.07, 6.45) is 2.97. The number of halogens is 1. The van der Waals surface area contributed by atoms with Crippen LogP contribution in [-0.2, 0) is 4.79 Å². The molecule has 5 heteroatoms. The summed E-state index contributed by atoms with van der Waals surface area (Å²) in [7, 11) is 0. The maximum Gasteiger partial charge on any atom is 0.216 e. The van der Waals surface area contributed by atoms with E-state index in [1.54, 1.807) is 6.92 Å². The molecule has 0 spiro atoms. The van der Waals surface area contributed by atoms with Gasteiger partial charge in [-0.15, -0.1) is 0 Å². The van der Waals surface area contributed by atoms with Crippen LogP contribution in [-0.4, -0.2) is 31.8 Å². The van der Waals surface area contributed by atoms with Gasteiger partial charge in [0.1, 0.15) is 0 Å². The molecule has 1 aromatic rings. The third-order valence-corrected chi connectivity index (χ3v) is 4.21. The lowest BCUT2D eigenvalue weighted by molar-refractivity contribution is -0.119. The largest absolute Gasteiger partial charge is 0.371 e. The molecule has 20 heavy (non-hydrogen) atoms. The minimum Gasteiger partial charge on any atom is -0.371 e. The Hall–Kier alpha value is -1.36. The third-order valence-electron chi connectivity index (χ3n) is 3.71. The number of carbonyl (C=O) groups is 2. The molecule has 1 saturated heterocycles. The van der Waals surface area contributed by atoms with E-state index in [9.17, 15) is 9.59 Å². The highest BCUT2D eigenvalue weighted by atomic mass is 79.9. The van der Waals surface area contributed by atoms with E-state index in [1.165, 1.54) is 0 Å². The topological polar surface area (TPSA) is 49.4 Å². The second kappa shape index (κ2) is 6.88. The van der Waals surface area contributed by atoms with E-state index in [1.807, 2.05) is 18.2 Å². The highest BCUT2D eigenvalue weighted by molar-refractivity contribution is 9.10. The van der Waals surface area contributed by atoms with E-state index in [-0.39, 0.29) is 5.91 Å². The zero-order valence-electron chi connectivity index (χ0n) is 11.6. The fourth-order valence-electron chi connectivity index (χ4n) is 2.56. The molecule has 0 bridgehead atoms. The molecule has 2 rings (SSSR count). The summed E-state index contributed by atoms with van der Waals surface area (Å²) in [4.78, 5) is 24.3. The first-order chi connectivity index (χ1) is 9.60. The molecule has 108 valence electrons. The number of hydrogen-bond donors (Lipinski definition) is 1. The van der Waals surface area contributed by atoms with Crippen molar-refractivity contribution in [1.29, 1.82) is 0 Å². The fourth-order valence-corrected chi connectivity index (χ4v) is 2.91. The van der Waals surface area contributed by atoms with Crippen LogP contribution < -0.4 is 10.2 Å². The van der Waals surface area contributed by atoms with Crippen molar-refractivity contribution in [1.82, 2.24) is 5.32 Å². The number of nitrogens with one attached hydrogen (secondary N) is 1. The lowest BCUT2D eigenvalue weighted by atomic mass is 9.96. The van der Waals surface area contributed by atoms with Crippen molar-refractivity contribution in [3.8, 4) is 0 Å². The first kappa shape index (κ1) is 15.0. The maximum absolute atomic E-state index is 11.1. The van der Waals surface area contributed by atoms with Gasteiger partial charge in [0, 0.05) is 42.3 Å². The number of nitrogens with zero attached hydrogens (tertiary/aromatic N) is 1. The Balaban J connectivity index is 1.98. The van der Waals surface area contributed by atoms with Gasteiger partial charge < -0.3 is 10.2 Å². The highest BCUT2D eigenvalue weighted by Gasteiger charge is 2.21. The van der Waals surface area contributed by atoms with Gasteiger partial charge in [0.2, 0.25) is 5.91 Å². The summed E-state index contributed by atoms with van der Waals surface area (Å²) in [6.45, 7) is 4.14. The Morgan fingerprint density at radius 1 is 1.45 bits per heavy atom. The molecule has 4 nitrogen and oxygen atoms in total. The molecule has 0 atom stereocenters. The van der Waals surface area contributed by atoms with E-state index in [2.05, 4.69) is 26.1 Å². The van der Waals surface area contributed by atoms with Gasteiger partial charge in [0.15, 0.2) is 6.29 Å². The number of amides is 1. The fraction of sp³-hybridized carbons (Fsp3) is 0.467. The van der Waals surface area contributed by atoms with E-state index in [0.717, 1.165) is 54.5 Å². The van der Waals surface area contributed by atoms with E-state index in [0.29, 0.717) is 5.92 Å². The monoisotopic (exact) mass is 338 g/mol. The zero-order chi connectivity index (χ0) is 14.5. The molecule has 1 aliphatic heterocycles. The molecular formula is C15H19BrN2O2. The summed E-state index contributed by atoms with van der Waals surface area (Å²) in [5.74, 6) is 0.560. The summed E-state index contributed by atoms with van der Waals surface area (Å²) in [5, 5.41) is 2.88. The molecule has 1 fully saturated rings. The Kier molecular flexibility index (Phi) is 5.17. The van der Waals surface area contributed by atoms with E-state index < -0.39 is 0 Å². The second-order valence-electron chi connectivity index (χ2n) is 5.19. The molecule has 1 aliphatic rings. The molecule has 1 heterocycles. The minimum atomic E-state index is 0.0302. The molecule has 0 unspecified atom stereocenters. The number of rotatable bonds is 4. The molecule has 0 radical (unpaired) electrons. The first-order valence-electron chi connectivity index (χ1n) is 6.84. The Morgan fingerprint density at radius 3 is 2.75 bits per heavy atom. The first-order valence-corrected chi connectivity index (χ1v) is 7.63. The Labute approximate surface area is 127 Å². The molecule has 0 aromatic heterocycles. The van der Waals surface area contributed by atoms with Gasteiger partial charge in [-0.05, 0) is 37.0 Å². The average molecular weight is 339 g/mol. The molecule has 0 saturated carbocycles. The molecule has 1 N–H and O–H groups in total. The van der Waals surface area contributed by atoms with Crippen LogP contribution in [0.4, 0.5) is 5.69 Å². The number of hydrogen-bond acceptors (Lipinski definition) is 3. The SMILES string of the molecule is CC(=O)NCC1CCN(c2cc(Br)ccc2C=O)CC1. The Morgan fingerprint density at radius 2 is 2.15 bits per heavy atom. The number of anilines is 1. The lowest BCUT2D eigenvalue weighted by Crippen LogP contribution is -2.38. The number of piperidine rings is 1. The quantitative estimate of drug-likeness (QED) is 0.858. The Bertz CT molecular complexity index is 497. The van der Waals surface area contributed by atoms with Gasteiger partial charge in [0.05, 0.1) is 0 Å². The molecule has 1 aromatic carbocycles. The van der Waals surface area contributed by atoms with Crippen molar-refractivity contribution in [3.63, 3.8) is 0 Å². The van der Waals surface area contributed by atoms with E-state index in [4.69, 9.17) is 0 Å². The summed E-state index contributed by atoms with van der Waals surface area (Å²) in [6, 6.07) is 5.73. The van der Waals surface area contributed by atoms with Crippen LogP contribution in [0.2, 0.25) is 0 Å². The van der Waals surface area contributed by atoms with Crippen LogP contribution in [0.15, 0.2) is 22.7 Å². The predicted octanol–water partition coefficient (Wildman–Crippen LogP) is 2.61. The van der Waals surface area contributed by atoms with Gasteiger partial charge in [-0.2, -0.15) is 0 Å². The number of carbonyl (C=O) groups excluding carboxylic acids is 2. The van der Waals surface area contributed by atoms with Crippen LogP contribution in [0.25, 0.3) is 0 Å². The predicted molar refractivity (Wildman–Crippen MR) is 83.2 cm³/mol. The zero-order valence-corrected chi connectivity index (χ0v) is 13.1. The van der Waals surface area contributed by atoms with Gasteiger partial charge in [-0.1, -0.05) is 15.9 Å². The van der Waals surface area contributed by atoms with Gasteiger partial charge in [0.25, 0.3) is 0 Å². The minimum absolute atomic E-state index is 0.0302. The molecular weight excluding hydrogens is 320 g/mol. The van der Waals surface area contributed by atoms with Crippen molar-refractivity contribution in [2.45, 2.75) is 19.8 Å². The highest BCUT2D eigenvalue weighted by Crippen LogP contribution is 2.28. The molecule has 1 amide bonds. The average Bonchev–Trinajstić information content (AvgIpc) is 2.45. The van der Waals surface area contributed by atoms with Gasteiger partial charge >= 0.3 is 0 Å². The maximum atomic E-state index is 11.1. The number of benzene rings is 1. The van der Waals surface area contributed by atoms with Crippen molar-refractivity contribution in [2.24, 2.45) is 5.92 Å². The van der Waals surface area contributed by atoms with E-state index >= 15 is 0 Å².